The van der Waals surface area contributed by atoms with E-state index in [0.717, 1.165) is 10.8 Å². The molecular formula is C22H18O4. The lowest BCUT2D eigenvalue weighted by Crippen LogP contribution is -2.33. The number of hydrogen-bond donors (Lipinski definition) is 0. The third-order valence-corrected chi connectivity index (χ3v) is 3.94. The van der Waals surface area contributed by atoms with Gasteiger partial charge in [-0.25, -0.2) is 9.59 Å². The van der Waals surface area contributed by atoms with Crippen LogP contribution in [0.15, 0.2) is 66.8 Å². The van der Waals surface area contributed by atoms with Gasteiger partial charge in [0.15, 0.2) is 0 Å². The van der Waals surface area contributed by atoms with Crippen LogP contribution in [0.1, 0.15) is 26.3 Å². The molecule has 1 aliphatic rings. The molecular weight excluding hydrogens is 328 g/mol. The second-order valence-corrected chi connectivity index (χ2v) is 5.68. The Morgan fingerprint density at radius 2 is 1.62 bits per heavy atom. The van der Waals surface area contributed by atoms with Crippen molar-refractivity contribution in [2.24, 2.45) is 0 Å². The summed E-state index contributed by atoms with van der Waals surface area (Å²) in [6.07, 6.45) is 11.1. The summed E-state index contributed by atoms with van der Waals surface area (Å²) in [7, 11) is 1.32. The number of allylic oxidation sites excluding steroid dienone is 4. The van der Waals surface area contributed by atoms with Gasteiger partial charge in [-0.15, -0.1) is 0 Å². The Morgan fingerprint density at radius 1 is 0.885 bits per heavy atom. The van der Waals surface area contributed by atoms with Crippen molar-refractivity contribution in [1.82, 2.24) is 0 Å². The first-order valence-electron chi connectivity index (χ1n) is 8.18. The van der Waals surface area contributed by atoms with Crippen molar-refractivity contribution in [2.75, 3.05) is 7.11 Å². The van der Waals surface area contributed by atoms with Gasteiger partial charge < -0.3 is 9.47 Å². The highest BCUT2D eigenvalue weighted by atomic mass is 16.5. The molecule has 2 aromatic rings. The second kappa shape index (κ2) is 8.12. The van der Waals surface area contributed by atoms with Crippen molar-refractivity contribution in [3.05, 3.63) is 93.9 Å². The van der Waals surface area contributed by atoms with Crippen molar-refractivity contribution in [3.63, 3.8) is 0 Å². The predicted octanol–water partition coefficient (Wildman–Crippen LogP) is 2.52. The fraction of sp³-hybridized carbons (Fsp3) is 0.0909. The van der Waals surface area contributed by atoms with Gasteiger partial charge in [-0.05, 0) is 28.1 Å². The maximum absolute atomic E-state index is 12.5. The number of carbonyl (C=O) groups is 2. The Balaban J connectivity index is 1.99. The number of ether oxygens (including phenoxy) is 2. The number of hydrogen-bond acceptors (Lipinski definition) is 4. The highest BCUT2D eigenvalue weighted by Gasteiger charge is 2.15. The van der Waals surface area contributed by atoms with Crippen LogP contribution in [0.3, 0.4) is 0 Å². The van der Waals surface area contributed by atoms with Crippen LogP contribution in [-0.4, -0.2) is 19.0 Å². The smallest absolute Gasteiger partial charge is 0.338 e. The topological polar surface area (TPSA) is 52.6 Å². The van der Waals surface area contributed by atoms with E-state index in [-0.39, 0.29) is 6.61 Å². The first-order valence-corrected chi connectivity index (χ1v) is 8.18. The number of rotatable bonds is 4. The van der Waals surface area contributed by atoms with Gasteiger partial charge in [0.25, 0.3) is 0 Å². The van der Waals surface area contributed by atoms with Crippen molar-refractivity contribution in [2.45, 2.75) is 6.61 Å². The zero-order valence-corrected chi connectivity index (χ0v) is 14.3. The highest BCUT2D eigenvalue weighted by molar-refractivity contribution is 5.96. The van der Waals surface area contributed by atoms with E-state index >= 15 is 0 Å². The average Bonchev–Trinajstić information content (AvgIpc) is 2.66. The third kappa shape index (κ3) is 3.98. The number of benzene rings is 2. The largest absolute Gasteiger partial charge is 0.465 e. The molecule has 0 atom stereocenters. The summed E-state index contributed by atoms with van der Waals surface area (Å²) in [5.74, 6) is -0.988. The minimum atomic E-state index is -0.499. The van der Waals surface area contributed by atoms with E-state index in [2.05, 4.69) is 0 Å². The molecule has 0 fully saturated rings. The monoisotopic (exact) mass is 346 g/mol. The van der Waals surface area contributed by atoms with Crippen LogP contribution in [0.25, 0.3) is 12.2 Å². The summed E-state index contributed by atoms with van der Waals surface area (Å²) in [4.78, 5) is 24.7. The van der Waals surface area contributed by atoms with Crippen molar-refractivity contribution < 1.29 is 19.1 Å². The first kappa shape index (κ1) is 17.4. The molecule has 4 heteroatoms. The van der Waals surface area contributed by atoms with Crippen LogP contribution < -0.4 is 10.4 Å². The molecule has 0 bridgehead atoms. The van der Waals surface area contributed by atoms with Gasteiger partial charge in [-0.2, -0.15) is 0 Å². The average molecular weight is 346 g/mol. The lowest BCUT2D eigenvalue weighted by atomic mass is 10.0. The minimum Gasteiger partial charge on any atom is -0.465 e. The molecule has 0 radical (unpaired) electrons. The van der Waals surface area contributed by atoms with Gasteiger partial charge in [0, 0.05) is 0 Å². The molecule has 2 aromatic carbocycles. The van der Waals surface area contributed by atoms with Gasteiger partial charge in [0.05, 0.1) is 18.2 Å². The first-order chi connectivity index (χ1) is 12.7. The maximum atomic E-state index is 12.5. The molecule has 0 amide bonds. The molecule has 26 heavy (non-hydrogen) atoms. The van der Waals surface area contributed by atoms with Crippen LogP contribution in [-0.2, 0) is 16.1 Å². The molecule has 1 aliphatic carbocycles. The number of esters is 2. The molecule has 0 unspecified atom stereocenters. The zero-order chi connectivity index (χ0) is 18.4. The highest BCUT2D eigenvalue weighted by Crippen LogP contribution is 2.07. The number of methoxy groups -OCH3 is 1. The van der Waals surface area contributed by atoms with Crippen LogP contribution in [0.2, 0.25) is 0 Å². The fourth-order valence-corrected chi connectivity index (χ4v) is 2.64. The van der Waals surface area contributed by atoms with E-state index in [1.54, 1.807) is 6.07 Å². The molecule has 0 aliphatic heterocycles. The molecule has 0 heterocycles. The summed E-state index contributed by atoms with van der Waals surface area (Å²) in [5, 5.41) is 1.46. The van der Waals surface area contributed by atoms with E-state index in [4.69, 9.17) is 9.47 Å². The van der Waals surface area contributed by atoms with Crippen molar-refractivity contribution in [3.8, 4) is 0 Å². The Labute approximate surface area is 151 Å². The fourth-order valence-electron chi connectivity index (χ4n) is 2.64. The molecule has 4 nitrogen and oxygen atoms in total. The van der Waals surface area contributed by atoms with Gasteiger partial charge in [0.2, 0.25) is 0 Å². The summed E-state index contributed by atoms with van der Waals surface area (Å²) in [6, 6.07) is 12.7. The summed E-state index contributed by atoms with van der Waals surface area (Å²) in [5.41, 5.74) is 1.53. The Kier molecular flexibility index (Phi) is 5.44. The van der Waals surface area contributed by atoms with E-state index in [9.17, 15) is 9.59 Å². The SMILES string of the molecule is COC(=O)c1cc(C(=O)OCc2ccccc2)cc2/c1=C\C=C/C=C\C=2. The summed E-state index contributed by atoms with van der Waals surface area (Å²) >= 11 is 0. The Bertz CT molecular complexity index is 998. The van der Waals surface area contributed by atoms with Crippen LogP contribution in [0, 0.1) is 0 Å². The normalized spacial score (nSPS) is 17.1. The molecule has 0 saturated carbocycles. The van der Waals surface area contributed by atoms with Crippen molar-refractivity contribution >= 4 is 24.1 Å². The minimum absolute atomic E-state index is 0.169. The van der Waals surface area contributed by atoms with Crippen molar-refractivity contribution in [1.29, 1.82) is 0 Å². The van der Waals surface area contributed by atoms with Gasteiger partial charge >= 0.3 is 11.9 Å². The lowest BCUT2D eigenvalue weighted by molar-refractivity contribution is 0.0472. The van der Waals surface area contributed by atoms with E-state index in [0.29, 0.717) is 16.3 Å². The molecule has 130 valence electrons. The van der Waals surface area contributed by atoms with Crippen LogP contribution >= 0.6 is 0 Å². The van der Waals surface area contributed by atoms with Gasteiger partial charge in [0.1, 0.15) is 6.61 Å². The van der Waals surface area contributed by atoms with Crippen LogP contribution in [0.4, 0.5) is 0 Å². The lowest BCUT2D eigenvalue weighted by Gasteiger charge is -2.08. The zero-order valence-electron chi connectivity index (χ0n) is 14.3. The van der Waals surface area contributed by atoms with E-state index < -0.39 is 11.9 Å². The quantitative estimate of drug-likeness (QED) is 0.799. The Morgan fingerprint density at radius 3 is 2.35 bits per heavy atom. The van der Waals surface area contributed by atoms with Gasteiger partial charge in [-0.3, -0.25) is 0 Å². The number of fused-ring (bicyclic) bond motifs is 1. The predicted molar refractivity (Wildman–Crippen MR) is 99.8 cm³/mol. The third-order valence-electron chi connectivity index (χ3n) is 3.94. The summed E-state index contributed by atoms with van der Waals surface area (Å²) in [6.45, 7) is 0.169. The maximum Gasteiger partial charge on any atom is 0.338 e. The molecule has 0 saturated heterocycles. The Hall–Kier alpha value is -3.40. The molecule has 0 N–H and O–H groups in total. The van der Waals surface area contributed by atoms with E-state index in [1.807, 2.05) is 66.8 Å². The molecule has 3 rings (SSSR count). The molecule has 0 aromatic heterocycles. The number of carbonyl (C=O) groups excluding carboxylic acids is 2. The summed E-state index contributed by atoms with van der Waals surface area (Å²) < 4.78 is 10.3. The van der Waals surface area contributed by atoms with Crippen LogP contribution in [0.5, 0.6) is 0 Å². The van der Waals surface area contributed by atoms with E-state index in [1.165, 1.54) is 13.2 Å². The molecule has 0 spiro atoms. The second-order valence-electron chi connectivity index (χ2n) is 5.68. The standard InChI is InChI=1S/C22H18O4/c1-25-22(24)20-14-18(13-17-11-7-2-3-8-12-19(17)20)21(23)26-15-16-9-5-4-6-10-16/h2-14H,15H2,1H3/b3-2?,7-2-,8-3-,11-7?,12-8?,17-11-,19-12+. The van der Waals surface area contributed by atoms with Gasteiger partial charge in [-0.1, -0.05) is 66.8 Å².